The van der Waals surface area contributed by atoms with E-state index in [4.69, 9.17) is 0 Å². The highest BCUT2D eigenvalue weighted by Crippen LogP contribution is 2.27. The lowest BCUT2D eigenvalue weighted by molar-refractivity contribution is 0.323. The lowest BCUT2D eigenvalue weighted by Crippen LogP contribution is -2.17. The summed E-state index contributed by atoms with van der Waals surface area (Å²) in [5.41, 5.74) is 1.35. The molecule has 4 nitrogen and oxygen atoms in total. The molecule has 2 aromatic heterocycles. The van der Waals surface area contributed by atoms with Gasteiger partial charge < -0.3 is 4.90 Å². The number of fused-ring (bicyclic) bond motifs is 1. The fraction of sp³-hybridized carbons (Fsp3) is 0.368. The molecule has 0 N–H and O–H groups in total. The van der Waals surface area contributed by atoms with Crippen molar-refractivity contribution >= 4 is 27.2 Å². The van der Waals surface area contributed by atoms with Crippen LogP contribution in [0.3, 0.4) is 0 Å². The monoisotopic (exact) mass is 338 g/mol. The Morgan fingerprint density at radius 1 is 1.12 bits per heavy atom. The third-order valence-electron chi connectivity index (χ3n) is 4.56. The molecule has 24 heavy (non-hydrogen) atoms. The van der Waals surface area contributed by atoms with E-state index < -0.39 is 0 Å². The van der Waals surface area contributed by atoms with E-state index in [-0.39, 0.29) is 0 Å². The smallest absolute Gasteiger partial charge is 0.185 e. The molecule has 1 aliphatic heterocycles. The number of aromatic nitrogens is 2. The Bertz CT molecular complexity index is 818. The first-order chi connectivity index (χ1) is 11.8. The van der Waals surface area contributed by atoms with Gasteiger partial charge in [0.05, 0.1) is 0 Å². The third-order valence-corrected chi connectivity index (χ3v) is 5.60. The van der Waals surface area contributed by atoms with Crippen LogP contribution in [0.1, 0.15) is 23.3 Å². The number of rotatable bonds is 5. The second-order valence-electron chi connectivity index (χ2n) is 6.49. The van der Waals surface area contributed by atoms with Crippen molar-refractivity contribution in [1.29, 1.82) is 0 Å². The van der Waals surface area contributed by atoms with Crippen LogP contribution in [0.5, 0.6) is 0 Å². The summed E-state index contributed by atoms with van der Waals surface area (Å²) in [6, 6.07) is 8.56. The maximum absolute atomic E-state index is 4.62. The fourth-order valence-electron chi connectivity index (χ4n) is 3.37. The molecule has 0 spiro atoms. The van der Waals surface area contributed by atoms with Crippen LogP contribution >= 0.6 is 11.3 Å². The zero-order chi connectivity index (χ0) is 16.4. The van der Waals surface area contributed by atoms with Gasteiger partial charge in [0.2, 0.25) is 0 Å². The lowest BCUT2D eigenvalue weighted by Gasteiger charge is -2.17. The second-order valence-corrected chi connectivity index (χ2v) is 7.58. The number of pyridine rings is 1. The van der Waals surface area contributed by atoms with E-state index >= 15 is 0 Å². The predicted molar refractivity (Wildman–Crippen MR) is 100 cm³/mol. The minimum Gasteiger partial charge on any atom is -0.348 e. The first-order valence-corrected chi connectivity index (χ1v) is 9.31. The minimum atomic E-state index is 0.929. The van der Waals surface area contributed by atoms with E-state index in [9.17, 15) is 0 Å². The van der Waals surface area contributed by atoms with Crippen LogP contribution < -0.4 is 4.90 Å². The molecule has 1 saturated heterocycles. The molecular formula is C19H22N4S. The second kappa shape index (κ2) is 6.87. The normalized spacial score (nSPS) is 14.8. The maximum Gasteiger partial charge on any atom is 0.185 e. The summed E-state index contributed by atoms with van der Waals surface area (Å²) in [5.74, 6) is 0. The molecule has 1 aliphatic rings. The van der Waals surface area contributed by atoms with Crippen molar-refractivity contribution in [3.05, 3.63) is 53.3 Å². The molecule has 0 unspecified atom stereocenters. The Labute approximate surface area is 146 Å². The summed E-state index contributed by atoms with van der Waals surface area (Å²) >= 11 is 1.84. The van der Waals surface area contributed by atoms with Crippen LogP contribution in [0.4, 0.5) is 5.13 Å². The lowest BCUT2D eigenvalue weighted by atomic mass is 10.1. The molecule has 0 bridgehead atoms. The molecule has 124 valence electrons. The van der Waals surface area contributed by atoms with E-state index in [2.05, 4.69) is 51.1 Å². The van der Waals surface area contributed by atoms with Crippen LogP contribution in [0, 0.1) is 0 Å². The molecule has 0 radical (unpaired) electrons. The highest BCUT2D eigenvalue weighted by atomic mass is 32.1. The molecule has 1 fully saturated rings. The molecule has 1 aromatic carbocycles. The van der Waals surface area contributed by atoms with Crippen LogP contribution in [-0.4, -0.2) is 35.0 Å². The van der Waals surface area contributed by atoms with Crippen LogP contribution in [0.25, 0.3) is 10.8 Å². The van der Waals surface area contributed by atoms with Gasteiger partial charge in [-0.1, -0.05) is 18.2 Å². The van der Waals surface area contributed by atoms with Crippen LogP contribution in [-0.2, 0) is 13.1 Å². The largest absolute Gasteiger partial charge is 0.348 e. The first-order valence-electron chi connectivity index (χ1n) is 8.49. The van der Waals surface area contributed by atoms with Crippen molar-refractivity contribution in [3.8, 4) is 0 Å². The molecule has 0 atom stereocenters. The molecule has 3 aromatic rings. The maximum atomic E-state index is 4.62. The van der Waals surface area contributed by atoms with Crippen molar-refractivity contribution in [1.82, 2.24) is 14.9 Å². The van der Waals surface area contributed by atoms with Gasteiger partial charge >= 0.3 is 0 Å². The standard InChI is InChI=1S/C19H22N4S/c1-22(13-16-6-4-5-15-11-20-8-7-18(15)16)14-17-12-21-19(24-17)23-9-2-3-10-23/h4-8,11-12H,2-3,9-10,13-14H2,1H3. The zero-order valence-electron chi connectivity index (χ0n) is 14.0. The van der Waals surface area contributed by atoms with Crippen LogP contribution in [0.2, 0.25) is 0 Å². The zero-order valence-corrected chi connectivity index (χ0v) is 14.8. The van der Waals surface area contributed by atoms with Gasteiger partial charge in [-0.2, -0.15) is 0 Å². The van der Waals surface area contributed by atoms with E-state index in [0.717, 1.165) is 26.2 Å². The summed E-state index contributed by atoms with van der Waals surface area (Å²) in [5, 5.41) is 3.69. The number of hydrogen-bond acceptors (Lipinski definition) is 5. The van der Waals surface area contributed by atoms with Crippen molar-refractivity contribution < 1.29 is 0 Å². The van der Waals surface area contributed by atoms with Crippen LogP contribution in [0.15, 0.2) is 42.9 Å². The number of benzene rings is 1. The van der Waals surface area contributed by atoms with Gasteiger partial charge in [-0.25, -0.2) is 4.98 Å². The molecule has 0 saturated carbocycles. The number of thiazole rings is 1. The fourth-order valence-corrected chi connectivity index (χ4v) is 4.41. The Hall–Kier alpha value is -1.98. The molecular weight excluding hydrogens is 316 g/mol. The highest BCUT2D eigenvalue weighted by Gasteiger charge is 2.16. The van der Waals surface area contributed by atoms with Crippen molar-refractivity contribution in [2.75, 3.05) is 25.0 Å². The van der Waals surface area contributed by atoms with E-state index in [1.807, 2.05) is 29.9 Å². The van der Waals surface area contributed by atoms with Gasteiger partial charge in [-0.15, -0.1) is 11.3 Å². The SMILES string of the molecule is CN(Cc1cnc(N2CCCC2)s1)Cc1cccc2cnccc12. The van der Waals surface area contributed by atoms with Gasteiger partial charge in [0.15, 0.2) is 5.13 Å². The Morgan fingerprint density at radius 2 is 2.00 bits per heavy atom. The van der Waals surface area contributed by atoms with Crippen molar-refractivity contribution in [2.24, 2.45) is 0 Å². The average molecular weight is 338 g/mol. The minimum absolute atomic E-state index is 0.929. The summed E-state index contributed by atoms with van der Waals surface area (Å²) in [6.45, 7) is 4.19. The molecule has 5 heteroatoms. The number of hydrogen-bond donors (Lipinski definition) is 0. The number of nitrogens with zero attached hydrogens (tertiary/aromatic N) is 4. The van der Waals surface area contributed by atoms with Gasteiger partial charge in [0, 0.05) is 55.0 Å². The van der Waals surface area contributed by atoms with Gasteiger partial charge in [-0.05, 0) is 36.9 Å². The topological polar surface area (TPSA) is 32.3 Å². The Balaban J connectivity index is 1.45. The first kappa shape index (κ1) is 15.5. The summed E-state index contributed by atoms with van der Waals surface area (Å²) < 4.78 is 0. The molecule has 0 aliphatic carbocycles. The third kappa shape index (κ3) is 3.28. The van der Waals surface area contributed by atoms with E-state index in [0.29, 0.717) is 0 Å². The average Bonchev–Trinajstić information content (AvgIpc) is 3.26. The summed E-state index contributed by atoms with van der Waals surface area (Å²) in [7, 11) is 2.18. The summed E-state index contributed by atoms with van der Waals surface area (Å²) in [6.07, 6.45) is 8.44. The quantitative estimate of drug-likeness (QED) is 0.706. The number of anilines is 1. The summed E-state index contributed by atoms with van der Waals surface area (Å²) in [4.78, 5) is 14.9. The van der Waals surface area contributed by atoms with Gasteiger partial charge in [-0.3, -0.25) is 9.88 Å². The molecule has 3 heterocycles. The highest BCUT2D eigenvalue weighted by molar-refractivity contribution is 7.15. The van der Waals surface area contributed by atoms with Crippen molar-refractivity contribution in [2.45, 2.75) is 25.9 Å². The van der Waals surface area contributed by atoms with E-state index in [1.165, 1.54) is 39.2 Å². The van der Waals surface area contributed by atoms with Gasteiger partial charge in [0.25, 0.3) is 0 Å². The Kier molecular flexibility index (Phi) is 4.45. The molecule has 0 amide bonds. The predicted octanol–water partition coefficient (Wildman–Crippen LogP) is 3.92. The molecule has 4 rings (SSSR count). The van der Waals surface area contributed by atoms with E-state index in [1.54, 1.807) is 0 Å². The Morgan fingerprint density at radius 3 is 2.88 bits per heavy atom. The van der Waals surface area contributed by atoms with Crippen molar-refractivity contribution in [3.63, 3.8) is 0 Å². The van der Waals surface area contributed by atoms with Gasteiger partial charge in [0.1, 0.15) is 0 Å².